The molecule has 0 spiro atoms. The third kappa shape index (κ3) is 4.90. The minimum Gasteiger partial charge on any atom is -0.396 e. The molecule has 3 N–H and O–H groups in total. The SMILES string of the molecule is CC=C(CCC(C)C1CCC(C2=CC(O)C3CC(O)CCC3(C)C2=O)C1(C)CCO)C(C)C. The van der Waals surface area contributed by atoms with Gasteiger partial charge in [0.1, 0.15) is 0 Å². The molecule has 0 radical (unpaired) electrons. The lowest BCUT2D eigenvalue weighted by molar-refractivity contribution is -0.138. The lowest BCUT2D eigenvalue weighted by atomic mass is 9.55. The van der Waals surface area contributed by atoms with Crippen LogP contribution < -0.4 is 0 Å². The predicted molar refractivity (Wildman–Crippen MR) is 134 cm³/mol. The van der Waals surface area contributed by atoms with Crippen molar-refractivity contribution in [2.24, 2.45) is 40.4 Å². The highest BCUT2D eigenvalue weighted by Gasteiger charge is 2.56. The van der Waals surface area contributed by atoms with Crippen molar-refractivity contribution in [2.75, 3.05) is 6.61 Å². The lowest BCUT2D eigenvalue weighted by Gasteiger charge is -2.49. The normalized spacial score (nSPS) is 40.7. The number of carbonyl (C=O) groups excluding carboxylic acids is 1. The second-order valence-corrected chi connectivity index (χ2v) is 12.1. The van der Waals surface area contributed by atoms with Gasteiger partial charge in [0, 0.05) is 17.9 Å². The molecule has 0 aromatic carbocycles. The fourth-order valence-corrected chi connectivity index (χ4v) is 7.77. The van der Waals surface area contributed by atoms with Crippen LogP contribution in [0.25, 0.3) is 0 Å². The average molecular weight is 461 g/mol. The lowest BCUT2D eigenvalue weighted by Crippen LogP contribution is -2.52. The molecule has 33 heavy (non-hydrogen) atoms. The van der Waals surface area contributed by atoms with Crippen LogP contribution >= 0.6 is 0 Å². The first-order valence-corrected chi connectivity index (χ1v) is 13.4. The molecular formula is C29H48O4. The number of rotatable bonds is 8. The first kappa shape index (κ1) is 26.6. The highest BCUT2D eigenvalue weighted by molar-refractivity contribution is 6.01. The third-order valence-electron chi connectivity index (χ3n) is 10.0. The minimum absolute atomic E-state index is 0.0789. The van der Waals surface area contributed by atoms with Gasteiger partial charge in [-0.25, -0.2) is 0 Å². The van der Waals surface area contributed by atoms with E-state index in [1.54, 1.807) is 0 Å². The van der Waals surface area contributed by atoms with Crippen LogP contribution in [0.15, 0.2) is 23.3 Å². The van der Waals surface area contributed by atoms with Crippen LogP contribution in [0.1, 0.15) is 92.9 Å². The van der Waals surface area contributed by atoms with E-state index >= 15 is 0 Å². The summed E-state index contributed by atoms with van der Waals surface area (Å²) in [4.78, 5) is 13.9. The molecule has 0 aromatic heterocycles. The summed E-state index contributed by atoms with van der Waals surface area (Å²) < 4.78 is 0. The van der Waals surface area contributed by atoms with Gasteiger partial charge in [0.25, 0.3) is 0 Å². The Morgan fingerprint density at radius 2 is 1.88 bits per heavy atom. The van der Waals surface area contributed by atoms with E-state index in [1.165, 1.54) is 5.57 Å². The standard InChI is InChI=1S/C29H48O4/c1-7-20(18(2)3)9-8-19(4)23-10-11-24(28(23,5)14-15-30)22-17-26(32)25-16-21(31)12-13-29(25,6)27(22)33/h7,17-19,21,23-26,30-32H,8-16H2,1-6H3. The van der Waals surface area contributed by atoms with E-state index in [2.05, 4.69) is 40.7 Å². The van der Waals surface area contributed by atoms with Crippen molar-refractivity contribution in [1.29, 1.82) is 0 Å². The van der Waals surface area contributed by atoms with E-state index in [9.17, 15) is 20.1 Å². The molecule has 2 saturated carbocycles. The number of allylic oxidation sites excluding steroid dienone is 3. The average Bonchev–Trinajstić information content (AvgIpc) is 3.09. The Kier molecular flexibility index (Phi) is 8.34. The van der Waals surface area contributed by atoms with Crippen LogP contribution in [0.5, 0.6) is 0 Å². The predicted octanol–water partition coefficient (Wildman–Crippen LogP) is 5.46. The molecule has 0 aromatic rings. The number of carbonyl (C=O) groups is 1. The van der Waals surface area contributed by atoms with E-state index < -0.39 is 17.6 Å². The summed E-state index contributed by atoms with van der Waals surface area (Å²) in [6.07, 6.45) is 9.66. The summed E-state index contributed by atoms with van der Waals surface area (Å²) in [5.41, 5.74) is 1.57. The van der Waals surface area contributed by atoms with Gasteiger partial charge in [-0.3, -0.25) is 4.79 Å². The molecule has 4 nitrogen and oxygen atoms in total. The number of aliphatic hydroxyl groups excluding tert-OH is 3. The van der Waals surface area contributed by atoms with Crippen molar-refractivity contribution in [3.8, 4) is 0 Å². The smallest absolute Gasteiger partial charge is 0.165 e. The van der Waals surface area contributed by atoms with Gasteiger partial charge in [-0.15, -0.1) is 0 Å². The quantitative estimate of drug-likeness (QED) is 0.421. The molecule has 3 aliphatic rings. The Morgan fingerprint density at radius 3 is 2.48 bits per heavy atom. The van der Waals surface area contributed by atoms with Crippen molar-refractivity contribution in [3.05, 3.63) is 23.3 Å². The Morgan fingerprint density at radius 1 is 1.18 bits per heavy atom. The van der Waals surface area contributed by atoms with E-state index in [1.807, 2.05) is 13.0 Å². The van der Waals surface area contributed by atoms with Gasteiger partial charge >= 0.3 is 0 Å². The third-order valence-corrected chi connectivity index (χ3v) is 10.0. The van der Waals surface area contributed by atoms with E-state index in [4.69, 9.17) is 0 Å². The summed E-state index contributed by atoms with van der Waals surface area (Å²) in [5, 5.41) is 31.2. The largest absolute Gasteiger partial charge is 0.396 e. The van der Waals surface area contributed by atoms with Gasteiger partial charge in [-0.1, -0.05) is 46.3 Å². The molecule has 3 aliphatic carbocycles. The Hall–Kier alpha value is -0.970. The number of Topliss-reactive ketones (excluding diaryl/α,β-unsaturated/α-hetero) is 1. The summed E-state index contributed by atoms with van der Waals surface area (Å²) in [5.74, 6) is 1.59. The minimum atomic E-state index is -0.684. The molecule has 188 valence electrons. The summed E-state index contributed by atoms with van der Waals surface area (Å²) in [7, 11) is 0. The van der Waals surface area contributed by atoms with Gasteiger partial charge in [-0.05, 0) is 99.0 Å². The molecule has 0 saturated heterocycles. The topological polar surface area (TPSA) is 77.8 Å². The van der Waals surface area contributed by atoms with Gasteiger partial charge in [-0.2, -0.15) is 0 Å². The number of fused-ring (bicyclic) bond motifs is 1. The van der Waals surface area contributed by atoms with Crippen molar-refractivity contribution in [2.45, 2.75) is 105 Å². The summed E-state index contributed by atoms with van der Waals surface area (Å²) in [6, 6.07) is 0. The molecule has 8 atom stereocenters. The highest BCUT2D eigenvalue weighted by atomic mass is 16.3. The van der Waals surface area contributed by atoms with Gasteiger partial charge in [0.2, 0.25) is 0 Å². The monoisotopic (exact) mass is 460 g/mol. The van der Waals surface area contributed by atoms with Crippen molar-refractivity contribution in [1.82, 2.24) is 0 Å². The van der Waals surface area contributed by atoms with Crippen LogP contribution in [-0.4, -0.2) is 39.9 Å². The maximum atomic E-state index is 13.9. The van der Waals surface area contributed by atoms with Crippen LogP contribution in [-0.2, 0) is 4.79 Å². The highest BCUT2D eigenvalue weighted by Crippen LogP contribution is 2.59. The van der Waals surface area contributed by atoms with Crippen LogP contribution in [0.2, 0.25) is 0 Å². The first-order chi connectivity index (χ1) is 15.5. The van der Waals surface area contributed by atoms with Crippen LogP contribution in [0.4, 0.5) is 0 Å². The van der Waals surface area contributed by atoms with Gasteiger partial charge in [0.05, 0.1) is 12.2 Å². The van der Waals surface area contributed by atoms with E-state index in [-0.39, 0.29) is 29.6 Å². The Bertz CT molecular complexity index is 768. The van der Waals surface area contributed by atoms with Gasteiger partial charge in [0.15, 0.2) is 5.78 Å². The molecule has 8 unspecified atom stereocenters. The fraction of sp³-hybridized carbons (Fsp3) is 0.828. The fourth-order valence-electron chi connectivity index (χ4n) is 7.77. The zero-order chi connectivity index (χ0) is 24.6. The molecule has 0 heterocycles. The van der Waals surface area contributed by atoms with Crippen LogP contribution in [0, 0.1) is 40.4 Å². The Labute approximate surface area is 201 Å². The number of ketones is 1. The molecule has 0 aliphatic heterocycles. The first-order valence-electron chi connectivity index (χ1n) is 13.4. The van der Waals surface area contributed by atoms with Crippen molar-refractivity contribution < 1.29 is 20.1 Å². The number of aliphatic hydroxyl groups is 3. The zero-order valence-corrected chi connectivity index (χ0v) is 21.8. The van der Waals surface area contributed by atoms with E-state index in [0.717, 1.165) is 31.3 Å². The molecule has 3 rings (SSSR count). The summed E-state index contributed by atoms with van der Waals surface area (Å²) >= 11 is 0. The Balaban J connectivity index is 1.86. The maximum Gasteiger partial charge on any atom is 0.165 e. The second-order valence-electron chi connectivity index (χ2n) is 12.1. The zero-order valence-electron chi connectivity index (χ0n) is 21.8. The number of hydrogen-bond donors (Lipinski definition) is 3. The van der Waals surface area contributed by atoms with Crippen molar-refractivity contribution >= 4 is 5.78 Å². The molecular weight excluding hydrogens is 412 g/mol. The van der Waals surface area contributed by atoms with Gasteiger partial charge < -0.3 is 15.3 Å². The van der Waals surface area contributed by atoms with E-state index in [0.29, 0.717) is 43.4 Å². The second kappa shape index (κ2) is 10.3. The number of hydrogen-bond acceptors (Lipinski definition) is 4. The maximum absolute atomic E-state index is 13.9. The van der Waals surface area contributed by atoms with Crippen molar-refractivity contribution in [3.63, 3.8) is 0 Å². The van der Waals surface area contributed by atoms with Crippen LogP contribution in [0.3, 0.4) is 0 Å². The molecule has 4 heteroatoms. The molecule has 0 amide bonds. The molecule has 0 bridgehead atoms. The molecule has 2 fully saturated rings. The summed E-state index contributed by atoms with van der Waals surface area (Å²) in [6.45, 7) is 13.4.